The summed E-state index contributed by atoms with van der Waals surface area (Å²) in [4.78, 5) is 10.7. The number of carbonyl (C=O) groups excluding carboxylic acids is 1. The number of allylic oxidation sites excluding steroid dienone is 1. The molecule has 0 saturated carbocycles. The van der Waals surface area contributed by atoms with Crippen molar-refractivity contribution in [2.45, 2.75) is 65.7 Å². The molecule has 0 rings (SSSR count). The van der Waals surface area contributed by atoms with Gasteiger partial charge < -0.3 is 14.2 Å². The lowest BCUT2D eigenvalue weighted by Crippen LogP contribution is -2.22. The van der Waals surface area contributed by atoms with E-state index < -0.39 is 8.07 Å². The van der Waals surface area contributed by atoms with Crippen LogP contribution in [0.4, 0.5) is 0 Å². The second-order valence-electron chi connectivity index (χ2n) is 7.55. The Morgan fingerprint density at radius 3 is 2.39 bits per heavy atom. The summed E-state index contributed by atoms with van der Waals surface area (Å²) >= 11 is 0. The topological polar surface area (TPSA) is 44.8 Å². The summed E-state index contributed by atoms with van der Waals surface area (Å²) in [5.74, 6) is 0.362. The summed E-state index contributed by atoms with van der Waals surface area (Å²) < 4.78 is 16.0. The van der Waals surface area contributed by atoms with E-state index in [4.69, 9.17) is 14.2 Å². The maximum absolute atomic E-state index is 10.7. The summed E-state index contributed by atoms with van der Waals surface area (Å²) in [6.45, 7) is 15.1. The molecule has 0 aromatic rings. The third kappa shape index (κ3) is 17.5. The lowest BCUT2D eigenvalue weighted by Gasteiger charge is -2.15. The third-order valence-electron chi connectivity index (χ3n) is 3.56. The molecule has 0 amide bonds. The monoisotopic (exact) mass is 344 g/mol. The minimum Gasteiger partial charge on any atom is -0.466 e. The van der Waals surface area contributed by atoms with Gasteiger partial charge in [-0.25, -0.2) is 0 Å². The molecular formula is C18H36O4Si. The molecule has 23 heavy (non-hydrogen) atoms. The molecule has 0 saturated heterocycles. The molecule has 0 aliphatic heterocycles. The molecule has 0 aromatic heterocycles. The van der Waals surface area contributed by atoms with E-state index in [0.717, 1.165) is 25.9 Å². The molecule has 0 N–H and O–H groups in total. The smallest absolute Gasteiger partial charge is 0.302 e. The zero-order valence-corrected chi connectivity index (χ0v) is 16.9. The lowest BCUT2D eigenvalue weighted by atomic mass is 10.0. The van der Waals surface area contributed by atoms with Gasteiger partial charge in [0.25, 0.3) is 0 Å². The highest BCUT2D eigenvalue weighted by atomic mass is 28.3. The highest BCUT2D eigenvalue weighted by Gasteiger charge is 2.11. The van der Waals surface area contributed by atoms with Gasteiger partial charge in [-0.05, 0) is 38.1 Å². The molecule has 0 spiro atoms. The van der Waals surface area contributed by atoms with Crippen molar-refractivity contribution in [3.63, 3.8) is 0 Å². The van der Waals surface area contributed by atoms with Crippen LogP contribution in [0.25, 0.3) is 0 Å². The number of hydrogen-bond acceptors (Lipinski definition) is 4. The van der Waals surface area contributed by atoms with Crippen molar-refractivity contribution in [3.8, 4) is 0 Å². The second kappa shape index (κ2) is 12.7. The number of ether oxygens (including phenoxy) is 3. The summed E-state index contributed by atoms with van der Waals surface area (Å²) in [7, 11) is -1.00. The van der Waals surface area contributed by atoms with E-state index >= 15 is 0 Å². The normalized spacial score (nSPS) is 13.9. The Kier molecular flexibility index (Phi) is 12.4. The largest absolute Gasteiger partial charge is 0.466 e. The average molecular weight is 345 g/mol. The van der Waals surface area contributed by atoms with Gasteiger partial charge >= 0.3 is 5.97 Å². The predicted molar refractivity (Wildman–Crippen MR) is 98.3 cm³/mol. The highest BCUT2D eigenvalue weighted by molar-refractivity contribution is 6.76. The van der Waals surface area contributed by atoms with Crippen LogP contribution in [0.2, 0.25) is 25.7 Å². The first-order valence-corrected chi connectivity index (χ1v) is 12.4. The molecule has 1 atom stereocenters. The van der Waals surface area contributed by atoms with Gasteiger partial charge in [-0.15, -0.1) is 0 Å². The summed E-state index contributed by atoms with van der Waals surface area (Å²) in [6, 6.07) is 1.18. The fourth-order valence-electron chi connectivity index (χ4n) is 1.92. The molecule has 0 aliphatic carbocycles. The Hall–Kier alpha value is -0.653. The standard InChI is InChI=1S/C18H36O4Si/c1-16(10-11-22-18(3)19)8-7-9-17(2)14-21-15-20-12-13-23(4,5)6/h9,16H,7-8,10-15H2,1-6H3/b17-9+/t16-/m1/s1. The van der Waals surface area contributed by atoms with Gasteiger partial charge in [0.05, 0.1) is 13.2 Å². The summed E-state index contributed by atoms with van der Waals surface area (Å²) in [5, 5.41) is 0. The summed E-state index contributed by atoms with van der Waals surface area (Å²) in [6.07, 6.45) is 5.29. The van der Waals surface area contributed by atoms with Gasteiger partial charge in [0, 0.05) is 21.6 Å². The van der Waals surface area contributed by atoms with E-state index in [2.05, 4.69) is 39.6 Å². The quantitative estimate of drug-likeness (QED) is 0.161. The van der Waals surface area contributed by atoms with Crippen molar-refractivity contribution in [2.75, 3.05) is 26.6 Å². The SMILES string of the molecule is CC(=O)OCC[C@H](C)CC/C=C(\C)COCOCC[Si](C)(C)C. The van der Waals surface area contributed by atoms with E-state index in [9.17, 15) is 4.79 Å². The Morgan fingerprint density at radius 2 is 1.78 bits per heavy atom. The highest BCUT2D eigenvalue weighted by Crippen LogP contribution is 2.12. The first-order chi connectivity index (χ1) is 10.7. The second-order valence-corrected chi connectivity index (χ2v) is 13.2. The van der Waals surface area contributed by atoms with Crippen molar-refractivity contribution in [3.05, 3.63) is 11.6 Å². The number of esters is 1. The molecule has 5 heteroatoms. The average Bonchev–Trinajstić information content (AvgIpc) is 2.41. The fourth-order valence-corrected chi connectivity index (χ4v) is 2.68. The van der Waals surface area contributed by atoms with Crippen molar-refractivity contribution in [1.29, 1.82) is 0 Å². The summed E-state index contributed by atoms with van der Waals surface area (Å²) in [5.41, 5.74) is 1.24. The Morgan fingerprint density at radius 1 is 1.09 bits per heavy atom. The minimum atomic E-state index is -1.00. The molecule has 4 nitrogen and oxygen atoms in total. The van der Waals surface area contributed by atoms with E-state index in [-0.39, 0.29) is 5.97 Å². The van der Waals surface area contributed by atoms with Gasteiger partial charge in [0.15, 0.2) is 0 Å². The van der Waals surface area contributed by atoms with Gasteiger partial charge in [-0.2, -0.15) is 0 Å². The van der Waals surface area contributed by atoms with E-state index in [1.807, 2.05) is 0 Å². The molecular weight excluding hydrogens is 308 g/mol. The van der Waals surface area contributed by atoms with Crippen LogP contribution >= 0.6 is 0 Å². The van der Waals surface area contributed by atoms with Crippen LogP contribution in [0.1, 0.15) is 40.0 Å². The van der Waals surface area contributed by atoms with Crippen LogP contribution in [0.15, 0.2) is 11.6 Å². The number of hydrogen-bond donors (Lipinski definition) is 0. The van der Waals surface area contributed by atoms with Gasteiger partial charge in [-0.3, -0.25) is 4.79 Å². The molecule has 136 valence electrons. The van der Waals surface area contributed by atoms with E-state index in [1.54, 1.807) is 0 Å². The molecule has 0 radical (unpaired) electrons. The minimum absolute atomic E-state index is 0.197. The van der Waals surface area contributed by atoms with Crippen molar-refractivity contribution >= 4 is 14.0 Å². The van der Waals surface area contributed by atoms with Crippen LogP contribution in [0, 0.1) is 5.92 Å². The predicted octanol–water partition coefficient (Wildman–Crippen LogP) is 4.63. The first kappa shape index (κ1) is 22.3. The molecule has 0 fully saturated rings. The molecule has 0 unspecified atom stereocenters. The molecule has 0 heterocycles. The molecule has 0 aliphatic rings. The molecule has 0 bridgehead atoms. The third-order valence-corrected chi connectivity index (χ3v) is 5.27. The number of carbonyl (C=O) groups is 1. The van der Waals surface area contributed by atoms with Crippen LogP contribution in [-0.2, 0) is 19.0 Å². The number of rotatable bonds is 13. The van der Waals surface area contributed by atoms with Gasteiger partial charge in [0.1, 0.15) is 6.79 Å². The maximum atomic E-state index is 10.7. The first-order valence-electron chi connectivity index (χ1n) is 8.65. The fraction of sp³-hybridized carbons (Fsp3) is 0.833. The van der Waals surface area contributed by atoms with Gasteiger partial charge in [-0.1, -0.05) is 38.2 Å². The lowest BCUT2D eigenvalue weighted by molar-refractivity contribution is -0.141. The van der Waals surface area contributed by atoms with Crippen LogP contribution in [0.5, 0.6) is 0 Å². The van der Waals surface area contributed by atoms with Crippen LogP contribution in [-0.4, -0.2) is 40.7 Å². The van der Waals surface area contributed by atoms with Crippen molar-refractivity contribution < 1.29 is 19.0 Å². The maximum Gasteiger partial charge on any atom is 0.302 e. The van der Waals surface area contributed by atoms with Crippen LogP contribution < -0.4 is 0 Å². The Bertz CT molecular complexity index is 347. The van der Waals surface area contributed by atoms with E-state index in [0.29, 0.717) is 25.9 Å². The van der Waals surface area contributed by atoms with Crippen molar-refractivity contribution in [1.82, 2.24) is 0 Å². The zero-order chi connectivity index (χ0) is 17.7. The Labute approximate surface area is 143 Å². The van der Waals surface area contributed by atoms with Crippen molar-refractivity contribution in [2.24, 2.45) is 5.92 Å². The van der Waals surface area contributed by atoms with Crippen LogP contribution in [0.3, 0.4) is 0 Å². The molecule has 0 aromatic carbocycles. The van der Waals surface area contributed by atoms with E-state index in [1.165, 1.54) is 18.5 Å². The Balaban J connectivity index is 3.58. The van der Waals surface area contributed by atoms with Gasteiger partial charge in [0.2, 0.25) is 0 Å². The zero-order valence-electron chi connectivity index (χ0n) is 15.9.